The lowest BCUT2D eigenvalue weighted by atomic mass is 10.1. The molecule has 3 heterocycles. The molecule has 6 heteroatoms. The van der Waals surface area contributed by atoms with Gasteiger partial charge in [0.1, 0.15) is 11.5 Å². The fraction of sp³-hybridized carbons (Fsp3) is 0.474. The van der Waals surface area contributed by atoms with Crippen LogP contribution in [0, 0.1) is 13.8 Å². The summed E-state index contributed by atoms with van der Waals surface area (Å²) < 4.78 is 5.50. The number of amides is 2. The number of piperazine rings is 1. The maximum absolute atomic E-state index is 12.4. The van der Waals surface area contributed by atoms with Crippen molar-refractivity contribution in [1.29, 1.82) is 0 Å². The van der Waals surface area contributed by atoms with Gasteiger partial charge in [-0.3, -0.25) is 9.88 Å². The van der Waals surface area contributed by atoms with Crippen molar-refractivity contribution >= 4 is 6.03 Å². The number of urea groups is 1. The van der Waals surface area contributed by atoms with Gasteiger partial charge in [0.05, 0.1) is 0 Å². The molecule has 1 saturated heterocycles. The Morgan fingerprint density at radius 1 is 1.32 bits per heavy atom. The van der Waals surface area contributed by atoms with Crippen molar-refractivity contribution in [2.45, 2.75) is 33.4 Å². The van der Waals surface area contributed by atoms with Crippen LogP contribution in [0.5, 0.6) is 0 Å². The number of hydrogen-bond donors (Lipinski definition) is 1. The molecule has 1 aliphatic heterocycles. The Morgan fingerprint density at radius 2 is 2.08 bits per heavy atom. The molecule has 6 nitrogen and oxygen atoms in total. The Bertz CT molecular complexity index is 705. The first-order valence-corrected chi connectivity index (χ1v) is 8.77. The minimum atomic E-state index is -0.00747. The first-order valence-electron chi connectivity index (χ1n) is 8.77. The molecular weight excluding hydrogens is 316 g/mol. The molecule has 1 aliphatic rings. The van der Waals surface area contributed by atoms with E-state index in [2.05, 4.69) is 28.2 Å². The predicted octanol–water partition coefficient (Wildman–Crippen LogP) is 2.88. The molecule has 2 aromatic heterocycles. The lowest BCUT2D eigenvalue weighted by molar-refractivity contribution is 0.113. The highest BCUT2D eigenvalue weighted by molar-refractivity contribution is 5.74. The molecule has 0 bridgehead atoms. The number of hydrogen-bond acceptors (Lipinski definition) is 4. The summed E-state index contributed by atoms with van der Waals surface area (Å²) in [5.41, 5.74) is 2.25. The third-order valence-corrected chi connectivity index (χ3v) is 4.89. The van der Waals surface area contributed by atoms with Gasteiger partial charge in [-0.05, 0) is 38.5 Å². The second-order valence-corrected chi connectivity index (χ2v) is 6.58. The summed E-state index contributed by atoms with van der Waals surface area (Å²) in [5, 5.41) is 3.00. The van der Waals surface area contributed by atoms with Crippen LogP contribution in [0.3, 0.4) is 0 Å². The molecule has 3 rings (SSSR count). The van der Waals surface area contributed by atoms with E-state index >= 15 is 0 Å². The number of carbonyl (C=O) groups is 1. The van der Waals surface area contributed by atoms with Gasteiger partial charge in [0, 0.05) is 56.7 Å². The fourth-order valence-electron chi connectivity index (χ4n) is 3.29. The highest BCUT2D eigenvalue weighted by Gasteiger charge is 2.24. The number of nitrogens with one attached hydrogen (secondary N) is 1. The molecule has 0 radical (unpaired) electrons. The normalized spacial score (nSPS) is 16.7. The standard InChI is InChI=1S/C19H26N4O2/c1-14-11-18(16(3)25-14)13-21-19(24)23-9-7-22(8-10-23)15(2)17-5-4-6-20-12-17/h4-6,11-12,15H,7-10,13H2,1-3H3,(H,21,24)/t15-/m1/s1. The molecule has 0 aliphatic carbocycles. The van der Waals surface area contributed by atoms with E-state index in [1.54, 1.807) is 6.20 Å². The highest BCUT2D eigenvalue weighted by Crippen LogP contribution is 2.20. The number of furan rings is 1. The van der Waals surface area contributed by atoms with Crippen LogP contribution in [-0.2, 0) is 6.54 Å². The molecule has 2 aromatic rings. The SMILES string of the molecule is Cc1cc(CNC(=O)N2CCN([C@H](C)c3cccnc3)CC2)c(C)o1. The van der Waals surface area contributed by atoms with E-state index in [1.807, 2.05) is 37.1 Å². The quantitative estimate of drug-likeness (QED) is 0.928. The number of rotatable bonds is 4. The van der Waals surface area contributed by atoms with E-state index in [0.29, 0.717) is 12.6 Å². The maximum atomic E-state index is 12.4. The average Bonchev–Trinajstić information content (AvgIpc) is 2.97. The molecule has 0 aromatic carbocycles. The first kappa shape index (κ1) is 17.5. The van der Waals surface area contributed by atoms with Crippen molar-refractivity contribution in [3.05, 3.63) is 53.2 Å². The molecule has 0 saturated carbocycles. The van der Waals surface area contributed by atoms with Crippen molar-refractivity contribution in [2.75, 3.05) is 26.2 Å². The zero-order valence-electron chi connectivity index (χ0n) is 15.2. The molecule has 1 atom stereocenters. The van der Waals surface area contributed by atoms with Gasteiger partial charge in [0.2, 0.25) is 0 Å². The van der Waals surface area contributed by atoms with E-state index in [4.69, 9.17) is 4.42 Å². The van der Waals surface area contributed by atoms with Crippen LogP contribution >= 0.6 is 0 Å². The van der Waals surface area contributed by atoms with Crippen molar-refractivity contribution in [2.24, 2.45) is 0 Å². The Kier molecular flexibility index (Phi) is 5.38. The van der Waals surface area contributed by atoms with Gasteiger partial charge in [0.15, 0.2) is 0 Å². The van der Waals surface area contributed by atoms with Crippen molar-refractivity contribution in [3.63, 3.8) is 0 Å². The van der Waals surface area contributed by atoms with Crippen LogP contribution < -0.4 is 5.32 Å². The summed E-state index contributed by atoms with van der Waals surface area (Å²) in [4.78, 5) is 20.9. The summed E-state index contributed by atoms with van der Waals surface area (Å²) >= 11 is 0. The second-order valence-electron chi connectivity index (χ2n) is 6.58. The van der Waals surface area contributed by atoms with Gasteiger partial charge in [-0.15, -0.1) is 0 Å². The Balaban J connectivity index is 1.48. The third-order valence-electron chi connectivity index (χ3n) is 4.89. The number of aromatic nitrogens is 1. The van der Waals surface area contributed by atoms with E-state index in [0.717, 1.165) is 43.3 Å². The average molecular weight is 342 g/mol. The summed E-state index contributed by atoms with van der Waals surface area (Å²) in [7, 11) is 0. The summed E-state index contributed by atoms with van der Waals surface area (Å²) in [5.74, 6) is 1.74. The lowest BCUT2D eigenvalue weighted by Gasteiger charge is -2.38. The molecular formula is C19H26N4O2. The largest absolute Gasteiger partial charge is 0.466 e. The molecule has 25 heavy (non-hydrogen) atoms. The molecule has 0 spiro atoms. The van der Waals surface area contributed by atoms with Gasteiger partial charge in [-0.2, -0.15) is 0 Å². The van der Waals surface area contributed by atoms with Crippen LogP contribution in [0.2, 0.25) is 0 Å². The monoisotopic (exact) mass is 342 g/mol. The Labute approximate surface area is 148 Å². The maximum Gasteiger partial charge on any atom is 0.317 e. The number of carbonyl (C=O) groups excluding carboxylic acids is 1. The van der Waals surface area contributed by atoms with Crippen LogP contribution in [-0.4, -0.2) is 47.0 Å². The summed E-state index contributed by atoms with van der Waals surface area (Å²) in [6, 6.07) is 6.35. The summed E-state index contributed by atoms with van der Waals surface area (Å²) in [6.45, 7) is 9.75. The fourth-order valence-corrected chi connectivity index (χ4v) is 3.29. The van der Waals surface area contributed by atoms with Crippen molar-refractivity contribution in [1.82, 2.24) is 20.1 Å². The number of nitrogens with zero attached hydrogens (tertiary/aromatic N) is 3. The summed E-state index contributed by atoms with van der Waals surface area (Å²) in [6.07, 6.45) is 3.71. The van der Waals surface area contributed by atoms with Gasteiger partial charge in [-0.1, -0.05) is 6.07 Å². The zero-order chi connectivity index (χ0) is 17.8. The predicted molar refractivity (Wildman–Crippen MR) is 96.2 cm³/mol. The van der Waals surface area contributed by atoms with E-state index in [-0.39, 0.29) is 6.03 Å². The molecule has 1 fully saturated rings. The van der Waals surface area contributed by atoms with Crippen molar-refractivity contribution < 1.29 is 9.21 Å². The molecule has 0 unspecified atom stereocenters. The smallest absolute Gasteiger partial charge is 0.317 e. The van der Waals surface area contributed by atoms with Gasteiger partial charge < -0.3 is 14.6 Å². The second kappa shape index (κ2) is 7.70. The van der Waals surface area contributed by atoms with E-state index < -0.39 is 0 Å². The minimum Gasteiger partial charge on any atom is -0.466 e. The van der Waals surface area contributed by atoms with E-state index in [1.165, 1.54) is 5.56 Å². The highest BCUT2D eigenvalue weighted by atomic mass is 16.3. The van der Waals surface area contributed by atoms with Crippen LogP contribution in [0.1, 0.15) is 35.6 Å². The van der Waals surface area contributed by atoms with E-state index in [9.17, 15) is 4.79 Å². The lowest BCUT2D eigenvalue weighted by Crippen LogP contribution is -2.52. The molecule has 1 N–H and O–H groups in total. The minimum absolute atomic E-state index is 0.00747. The van der Waals surface area contributed by atoms with Gasteiger partial charge >= 0.3 is 6.03 Å². The van der Waals surface area contributed by atoms with Crippen molar-refractivity contribution in [3.8, 4) is 0 Å². The molecule has 134 valence electrons. The topological polar surface area (TPSA) is 61.6 Å². The molecule has 2 amide bonds. The van der Waals surface area contributed by atoms with Crippen LogP contribution in [0.15, 0.2) is 35.0 Å². The van der Waals surface area contributed by atoms with Gasteiger partial charge in [-0.25, -0.2) is 4.79 Å². The van der Waals surface area contributed by atoms with Gasteiger partial charge in [0.25, 0.3) is 0 Å². The van der Waals surface area contributed by atoms with Crippen LogP contribution in [0.4, 0.5) is 4.79 Å². The first-order chi connectivity index (χ1) is 12.0. The number of aryl methyl sites for hydroxylation is 2. The van der Waals surface area contributed by atoms with Crippen LogP contribution in [0.25, 0.3) is 0 Å². The Morgan fingerprint density at radius 3 is 2.68 bits per heavy atom. The number of pyridine rings is 1. The third kappa shape index (κ3) is 4.20. The zero-order valence-corrected chi connectivity index (χ0v) is 15.2. The Hall–Kier alpha value is -2.34.